The fourth-order valence-corrected chi connectivity index (χ4v) is 4.08. The number of carbonyl (C=O) groups excluding carboxylic acids is 1. The molecule has 1 aromatic heterocycles. The zero-order valence-corrected chi connectivity index (χ0v) is 16.0. The fourth-order valence-electron chi connectivity index (χ4n) is 3.33. The van der Waals surface area contributed by atoms with E-state index >= 15 is 0 Å². The minimum Gasteiger partial charge on any atom is -0.325 e. The summed E-state index contributed by atoms with van der Waals surface area (Å²) in [4.78, 5) is 12.2. The molecule has 2 aromatic rings. The zero-order chi connectivity index (χ0) is 19.1. The number of carbonyl (C=O) groups is 1. The number of aromatic nitrogens is 3. The fraction of sp³-hybridized carbons (Fsp3) is 0.400. The highest BCUT2D eigenvalue weighted by Crippen LogP contribution is 2.33. The highest BCUT2D eigenvalue weighted by Gasteiger charge is 2.23. The third-order valence-electron chi connectivity index (χ3n) is 4.66. The van der Waals surface area contributed by atoms with Crippen molar-refractivity contribution in [2.45, 2.75) is 49.7 Å². The molecule has 7 heteroatoms. The summed E-state index contributed by atoms with van der Waals surface area (Å²) in [5, 5.41) is 21.2. The lowest BCUT2D eigenvalue weighted by Gasteiger charge is -2.21. The molecule has 0 spiro atoms. The smallest absolute Gasteiger partial charge is 0.234 e. The van der Waals surface area contributed by atoms with Gasteiger partial charge in [-0.05, 0) is 37.1 Å². The Morgan fingerprint density at radius 2 is 2.04 bits per heavy atom. The first-order valence-electron chi connectivity index (χ1n) is 9.18. The molecule has 0 saturated heterocycles. The van der Waals surface area contributed by atoms with Crippen LogP contribution in [-0.2, 0) is 11.3 Å². The normalized spacial score (nSPS) is 14.5. The van der Waals surface area contributed by atoms with Gasteiger partial charge in [0.25, 0.3) is 0 Å². The van der Waals surface area contributed by atoms with Crippen LogP contribution >= 0.6 is 11.8 Å². The maximum atomic E-state index is 12.2. The van der Waals surface area contributed by atoms with E-state index in [2.05, 4.69) is 32.7 Å². The average molecular weight is 382 g/mol. The number of thioether (sulfide) groups is 1. The number of anilines is 1. The molecule has 27 heavy (non-hydrogen) atoms. The molecule has 0 unspecified atom stereocenters. The van der Waals surface area contributed by atoms with Crippen LogP contribution in [0.5, 0.6) is 0 Å². The average Bonchev–Trinajstić information content (AvgIpc) is 3.10. The van der Waals surface area contributed by atoms with Crippen molar-refractivity contribution in [3.63, 3.8) is 0 Å². The van der Waals surface area contributed by atoms with Gasteiger partial charge in [-0.25, -0.2) is 0 Å². The predicted octanol–water partition coefficient (Wildman–Crippen LogP) is 4.11. The van der Waals surface area contributed by atoms with Gasteiger partial charge in [0.15, 0.2) is 5.16 Å². The van der Waals surface area contributed by atoms with Crippen molar-refractivity contribution in [3.05, 3.63) is 48.3 Å². The second-order valence-corrected chi connectivity index (χ2v) is 7.54. The monoisotopic (exact) mass is 381 g/mol. The molecule has 1 saturated carbocycles. The van der Waals surface area contributed by atoms with Crippen LogP contribution in [0.15, 0.2) is 42.1 Å². The van der Waals surface area contributed by atoms with Crippen LogP contribution in [0, 0.1) is 11.3 Å². The van der Waals surface area contributed by atoms with E-state index in [9.17, 15) is 4.79 Å². The van der Waals surface area contributed by atoms with Crippen LogP contribution in [0.2, 0.25) is 0 Å². The van der Waals surface area contributed by atoms with Gasteiger partial charge in [-0.3, -0.25) is 4.79 Å². The Kier molecular flexibility index (Phi) is 6.66. The summed E-state index contributed by atoms with van der Waals surface area (Å²) in [6.45, 7) is 4.49. The molecule has 1 aliphatic rings. The van der Waals surface area contributed by atoms with E-state index in [-0.39, 0.29) is 11.7 Å². The minimum atomic E-state index is -0.114. The van der Waals surface area contributed by atoms with Gasteiger partial charge in [-0.2, -0.15) is 5.26 Å². The number of amides is 1. The van der Waals surface area contributed by atoms with Gasteiger partial charge in [0.2, 0.25) is 5.91 Å². The van der Waals surface area contributed by atoms with Gasteiger partial charge in [0, 0.05) is 18.2 Å². The molecule has 140 valence electrons. The molecule has 1 aromatic carbocycles. The topological polar surface area (TPSA) is 83.6 Å². The first kappa shape index (κ1) is 19.2. The van der Waals surface area contributed by atoms with E-state index in [1.54, 1.807) is 24.3 Å². The van der Waals surface area contributed by atoms with Gasteiger partial charge < -0.3 is 9.88 Å². The van der Waals surface area contributed by atoms with Gasteiger partial charge in [-0.15, -0.1) is 16.8 Å². The Balaban J connectivity index is 1.62. The lowest BCUT2D eigenvalue weighted by atomic mass is 9.89. The van der Waals surface area contributed by atoms with Crippen LogP contribution in [0.1, 0.15) is 49.4 Å². The number of nitrogens with zero attached hydrogens (tertiary/aromatic N) is 4. The number of hydrogen-bond acceptors (Lipinski definition) is 5. The van der Waals surface area contributed by atoms with Crippen molar-refractivity contribution in [1.29, 1.82) is 5.26 Å². The number of nitrogens with one attached hydrogen (secondary N) is 1. The molecule has 0 atom stereocenters. The van der Waals surface area contributed by atoms with Crippen molar-refractivity contribution in [2.24, 2.45) is 0 Å². The van der Waals surface area contributed by atoms with Crippen molar-refractivity contribution in [3.8, 4) is 6.07 Å². The number of rotatable bonds is 7. The number of hydrogen-bond donors (Lipinski definition) is 1. The lowest BCUT2D eigenvalue weighted by Crippen LogP contribution is -2.15. The van der Waals surface area contributed by atoms with Crippen LogP contribution in [0.3, 0.4) is 0 Å². The molecule has 1 amide bonds. The Labute approximate surface area is 163 Å². The van der Waals surface area contributed by atoms with Crippen LogP contribution < -0.4 is 5.32 Å². The minimum absolute atomic E-state index is 0.114. The summed E-state index contributed by atoms with van der Waals surface area (Å²) >= 11 is 1.38. The summed E-state index contributed by atoms with van der Waals surface area (Å²) in [6.07, 6.45) is 7.92. The predicted molar refractivity (Wildman–Crippen MR) is 107 cm³/mol. The first-order valence-corrected chi connectivity index (χ1v) is 10.2. The van der Waals surface area contributed by atoms with E-state index in [0.717, 1.165) is 23.8 Å². The van der Waals surface area contributed by atoms with Crippen molar-refractivity contribution < 1.29 is 4.79 Å². The molecule has 6 nitrogen and oxygen atoms in total. The Bertz CT molecular complexity index is 831. The highest BCUT2D eigenvalue weighted by molar-refractivity contribution is 7.99. The second kappa shape index (κ2) is 9.38. The third-order valence-corrected chi connectivity index (χ3v) is 5.62. The third kappa shape index (κ3) is 4.98. The molecule has 3 rings (SSSR count). The van der Waals surface area contributed by atoms with Gasteiger partial charge in [0.05, 0.1) is 17.4 Å². The standard InChI is InChI=1S/C20H23N5OS/c1-2-12-25-19(16-6-4-3-5-7-16)23-24-20(25)27-14-18(26)22-17-10-8-15(13-21)9-11-17/h2,8-11,16H,1,3-7,12,14H2,(H,22,26). The highest BCUT2D eigenvalue weighted by atomic mass is 32.2. The van der Waals surface area contributed by atoms with Crippen molar-refractivity contribution in [1.82, 2.24) is 14.8 Å². The largest absolute Gasteiger partial charge is 0.325 e. The molecule has 1 heterocycles. The van der Waals surface area contributed by atoms with E-state index < -0.39 is 0 Å². The van der Waals surface area contributed by atoms with E-state index in [0.29, 0.717) is 23.7 Å². The van der Waals surface area contributed by atoms with Crippen LogP contribution in [-0.4, -0.2) is 26.4 Å². The van der Waals surface area contributed by atoms with E-state index in [1.807, 2.05) is 6.08 Å². The molecule has 0 radical (unpaired) electrons. The number of nitriles is 1. The molecule has 0 bridgehead atoms. The number of benzene rings is 1. The molecule has 1 fully saturated rings. The Morgan fingerprint density at radius 1 is 1.30 bits per heavy atom. The molecule has 1 aliphatic carbocycles. The van der Waals surface area contributed by atoms with Gasteiger partial charge in [-0.1, -0.05) is 37.1 Å². The maximum Gasteiger partial charge on any atom is 0.234 e. The summed E-state index contributed by atoms with van der Waals surface area (Å²) in [7, 11) is 0. The summed E-state index contributed by atoms with van der Waals surface area (Å²) in [5.41, 5.74) is 1.24. The van der Waals surface area contributed by atoms with Crippen LogP contribution in [0.4, 0.5) is 5.69 Å². The summed E-state index contributed by atoms with van der Waals surface area (Å²) in [6, 6.07) is 8.87. The molecular formula is C20H23N5OS. The first-order chi connectivity index (χ1) is 13.2. The Morgan fingerprint density at radius 3 is 2.70 bits per heavy atom. The van der Waals surface area contributed by atoms with Crippen LogP contribution in [0.25, 0.3) is 0 Å². The summed E-state index contributed by atoms with van der Waals surface area (Å²) < 4.78 is 2.09. The van der Waals surface area contributed by atoms with Gasteiger partial charge >= 0.3 is 0 Å². The zero-order valence-electron chi connectivity index (χ0n) is 15.2. The maximum absolute atomic E-state index is 12.2. The number of allylic oxidation sites excluding steroid dienone is 1. The van der Waals surface area contributed by atoms with Crippen molar-refractivity contribution >= 4 is 23.4 Å². The van der Waals surface area contributed by atoms with E-state index in [1.165, 1.54) is 31.0 Å². The summed E-state index contributed by atoms with van der Waals surface area (Å²) in [5.74, 6) is 1.61. The second-order valence-electron chi connectivity index (χ2n) is 6.60. The molecular weight excluding hydrogens is 358 g/mol. The van der Waals surface area contributed by atoms with E-state index in [4.69, 9.17) is 5.26 Å². The Hall–Kier alpha value is -2.59. The SMILES string of the molecule is C=CCn1c(SCC(=O)Nc2ccc(C#N)cc2)nnc1C1CCCCC1. The molecule has 1 N–H and O–H groups in total. The molecule has 0 aliphatic heterocycles. The van der Waals surface area contributed by atoms with Crippen molar-refractivity contribution in [2.75, 3.05) is 11.1 Å². The van der Waals surface area contributed by atoms with Gasteiger partial charge in [0.1, 0.15) is 5.82 Å². The quantitative estimate of drug-likeness (QED) is 0.576. The lowest BCUT2D eigenvalue weighted by molar-refractivity contribution is -0.113.